The third-order valence-electron chi connectivity index (χ3n) is 2.88. The summed E-state index contributed by atoms with van der Waals surface area (Å²) in [6.07, 6.45) is 2.39. The molecule has 0 amide bonds. The van der Waals surface area contributed by atoms with Crippen LogP contribution in [-0.2, 0) is 4.74 Å². The van der Waals surface area contributed by atoms with Crippen molar-refractivity contribution in [2.24, 2.45) is 5.92 Å². The fraction of sp³-hybridized carbons (Fsp3) is 1.00. The fourth-order valence-corrected chi connectivity index (χ4v) is 1.71. The molecule has 0 aromatic carbocycles. The van der Waals surface area contributed by atoms with Crippen molar-refractivity contribution in [3.63, 3.8) is 0 Å². The van der Waals surface area contributed by atoms with Crippen LogP contribution >= 0.6 is 0 Å². The van der Waals surface area contributed by atoms with E-state index < -0.39 is 0 Å². The lowest BCUT2D eigenvalue weighted by Crippen LogP contribution is -2.40. The van der Waals surface area contributed by atoms with Crippen LogP contribution in [0.15, 0.2) is 0 Å². The molecular weight excluding hydrogens is 190 g/mol. The van der Waals surface area contributed by atoms with Gasteiger partial charge in [0.15, 0.2) is 0 Å². The molecule has 3 heteroatoms. The smallest absolute Gasteiger partial charge is 0.0900 e. The summed E-state index contributed by atoms with van der Waals surface area (Å²) in [5.41, 5.74) is 0. The van der Waals surface area contributed by atoms with Crippen LogP contribution in [0.3, 0.4) is 0 Å². The first kappa shape index (κ1) is 12.9. The minimum absolute atomic E-state index is 0.342. The van der Waals surface area contributed by atoms with Gasteiger partial charge in [0.1, 0.15) is 0 Å². The van der Waals surface area contributed by atoms with E-state index in [1.807, 2.05) is 6.92 Å². The fourth-order valence-electron chi connectivity index (χ4n) is 1.71. The summed E-state index contributed by atoms with van der Waals surface area (Å²) in [5.74, 6) is 0.881. The Morgan fingerprint density at radius 1 is 1.40 bits per heavy atom. The largest absolute Gasteiger partial charge is 0.389 e. The summed E-state index contributed by atoms with van der Waals surface area (Å²) >= 11 is 0. The first-order valence-corrected chi connectivity index (χ1v) is 6.13. The van der Waals surface area contributed by atoms with Crippen LogP contribution in [0.1, 0.15) is 33.6 Å². The molecule has 1 saturated carbocycles. The van der Waals surface area contributed by atoms with Gasteiger partial charge in [-0.2, -0.15) is 0 Å². The predicted molar refractivity (Wildman–Crippen MR) is 61.9 cm³/mol. The van der Waals surface area contributed by atoms with Crippen molar-refractivity contribution in [3.8, 4) is 0 Å². The number of aliphatic hydroxyl groups is 1. The molecule has 0 radical (unpaired) electrons. The van der Waals surface area contributed by atoms with Crippen LogP contribution in [0, 0.1) is 5.92 Å². The van der Waals surface area contributed by atoms with Gasteiger partial charge >= 0.3 is 0 Å². The Morgan fingerprint density at radius 2 is 2.07 bits per heavy atom. The standard InChI is InChI=1S/C12H25NO2/c1-4-15-9-12(14)8-13(10(2)3)7-11-5-6-11/h10-12,14H,4-9H2,1-3H3. The van der Waals surface area contributed by atoms with Crippen molar-refractivity contribution in [2.75, 3.05) is 26.3 Å². The van der Waals surface area contributed by atoms with Crippen LogP contribution in [0.4, 0.5) is 0 Å². The molecule has 0 aliphatic heterocycles. The molecular formula is C12H25NO2. The van der Waals surface area contributed by atoms with E-state index in [2.05, 4.69) is 18.7 Å². The van der Waals surface area contributed by atoms with Gasteiger partial charge < -0.3 is 9.84 Å². The highest BCUT2D eigenvalue weighted by Crippen LogP contribution is 2.30. The molecule has 1 rings (SSSR count). The Hall–Kier alpha value is -0.120. The van der Waals surface area contributed by atoms with E-state index in [0.717, 1.165) is 19.0 Å². The van der Waals surface area contributed by atoms with Crippen LogP contribution in [0.2, 0.25) is 0 Å². The van der Waals surface area contributed by atoms with E-state index in [1.165, 1.54) is 12.8 Å². The molecule has 1 unspecified atom stereocenters. The van der Waals surface area contributed by atoms with Gasteiger partial charge in [-0.1, -0.05) is 0 Å². The molecule has 0 spiro atoms. The monoisotopic (exact) mass is 215 g/mol. The van der Waals surface area contributed by atoms with Gasteiger partial charge in [0.25, 0.3) is 0 Å². The summed E-state index contributed by atoms with van der Waals surface area (Å²) in [7, 11) is 0. The van der Waals surface area contributed by atoms with Crippen molar-refractivity contribution in [2.45, 2.75) is 45.8 Å². The summed E-state index contributed by atoms with van der Waals surface area (Å²) in [5, 5.41) is 9.77. The van der Waals surface area contributed by atoms with Crippen LogP contribution in [-0.4, -0.2) is 48.5 Å². The maximum absolute atomic E-state index is 9.77. The number of ether oxygens (including phenoxy) is 1. The molecule has 90 valence electrons. The third kappa shape index (κ3) is 5.50. The molecule has 0 heterocycles. The van der Waals surface area contributed by atoms with Gasteiger partial charge in [-0.05, 0) is 39.5 Å². The number of rotatable bonds is 8. The molecule has 0 aromatic rings. The van der Waals surface area contributed by atoms with Gasteiger partial charge in [-0.3, -0.25) is 4.90 Å². The van der Waals surface area contributed by atoms with Gasteiger partial charge in [0, 0.05) is 25.7 Å². The summed E-state index contributed by atoms with van der Waals surface area (Å²) in [4.78, 5) is 2.36. The summed E-state index contributed by atoms with van der Waals surface area (Å²) in [6.45, 7) is 9.36. The highest BCUT2D eigenvalue weighted by Gasteiger charge is 2.26. The van der Waals surface area contributed by atoms with Gasteiger partial charge in [-0.25, -0.2) is 0 Å². The SMILES string of the molecule is CCOCC(O)CN(CC1CC1)C(C)C. The lowest BCUT2D eigenvalue weighted by Gasteiger charge is -2.28. The predicted octanol–water partition coefficient (Wildman–Crippen LogP) is 1.50. The molecule has 0 bridgehead atoms. The molecule has 15 heavy (non-hydrogen) atoms. The lowest BCUT2D eigenvalue weighted by molar-refractivity contribution is 0.0142. The van der Waals surface area contributed by atoms with Crippen LogP contribution in [0.25, 0.3) is 0 Å². The highest BCUT2D eigenvalue weighted by molar-refractivity contribution is 4.79. The van der Waals surface area contributed by atoms with Crippen molar-refractivity contribution in [3.05, 3.63) is 0 Å². The molecule has 0 saturated heterocycles. The maximum atomic E-state index is 9.77. The Labute approximate surface area is 93.4 Å². The van der Waals surface area contributed by atoms with Gasteiger partial charge in [0.05, 0.1) is 12.7 Å². The zero-order valence-corrected chi connectivity index (χ0v) is 10.3. The van der Waals surface area contributed by atoms with Crippen LogP contribution < -0.4 is 0 Å². The van der Waals surface area contributed by atoms with E-state index >= 15 is 0 Å². The Bertz CT molecular complexity index is 169. The number of nitrogens with zero attached hydrogens (tertiary/aromatic N) is 1. The number of hydrogen-bond donors (Lipinski definition) is 1. The van der Waals surface area contributed by atoms with Gasteiger partial charge in [-0.15, -0.1) is 0 Å². The second-order valence-corrected chi connectivity index (χ2v) is 4.80. The molecule has 1 atom stereocenters. The van der Waals surface area contributed by atoms with E-state index in [4.69, 9.17) is 4.74 Å². The van der Waals surface area contributed by atoms with Crippen molar-refractivity contribution in [1.29, 1.82) is 0 Å². The highest BCUT2D eigenvalue weighted by atomic mass is 16.5. The van der Waals surface area contributed by atoms with E-state index in [0.29, 0.717) is 19.3 Å². The van der Waals surface area contributed by atoms with Crippen LogP contribution in [0.5, 0.6) is 0 Å². The molecule has 1 aliphatic rings. The number of hydrogen-bond acceptors (Lipinski definition) is 3. The maximum Gasteiger partial charge on any atom is 0.0900 e. The first-order valence-electron chi connectivity index (χ1n) is 6.13. The third-order valence-corrected chi connectivity index (χ3v) is 2.88. The van der Waals surface area contributed by atoms with Crippen molar-refractivity contribution < 1.29 is 9.84 Å². The zero-order chi connectivity index (χ0) is 11.3. The zero-order valence-electron chi connectivity index (χ0n) is 10.3. The van der Waals surface area contributed by atoms with E-state index in [9.17, 15) is 5.11 Å². The molecule has 1 fully saturated rings. The Balaban J connectivity index is 2.22. The molecule has 3 nitrogen and oxygen atoms in total. The average molecular weight is 215 g/mol. The van der Waals surface area contributed by atoms with E-state index in [-0.39, 0.29) is 6.10 Å². The van der Waals surface area contributed by atoms with Gasteiger partial charge in [0.2, 0.25) is 0 Å². The summed E-state index contributed by atoms with van der Waals surface area (Å²) in [6, 6.07) is 0.516. The minimum atomic E-state index is -0.342. The van der Waals surface area contributed by atoms with Crippen molar-refractivity contribution >= 4 is 0 Å². The van der Waals surface area contributed by atoms with E-state index in [1.54, 1.807) is 0 Å². The quantitative estimate of drug-likeness (QED) is 0.666. The molecule has 1 N–H and O–H groups in total. The lowest BCUT2D eigenvalue weighted by atomic mass is 10.2. The summed E-state index contributed by atoms with van der Waals surface area (Å²) < 4.78 is 5.22. The Morgan fingerprint density at radius 3 is 2.53 bits per heavy atom. The molecule has 1 aliphatic carbocycles. The molecule has 0 aromatic heterocycles. The second kappa shape index (κ2) is 6.46. The van der Waals surface area contributed by atoms with Crippen molar-refractivity contribution in [1.82, 2.24) is 4.90 Å². The normalized spacial score (nSPS) is 18.8. The second-order valence-electron chi connectivity index (χ2n) is 4.80. The Kier molecular flexibility index (Phi) is 5.58. The first-order chi connectivity index (χ1) is 7.13. The topological polar surface area (TPSA) is 32.7 Å². The average Bonchev–Trinajstić information content (AvgIpc) is 2.97. The minimum Gasteiger partial charge on any atom is -0.389 e. The number of aliphatic hydroxyl groups excluding tert-OH is 1.